The number of carbonyl (C=O) groups excluding carboxylic acids is 2. The van der Waals surface area contributed by atoms with Crippen LogP contribution in [0.3, 0.4) is 0 Å². The van der Waals surface area contributed by atoms with E-state index in [9.17, 15) is 9.59 Å². The van der Waals surface area contributed by atoms with Crippen molar-refractivity contribution in [1.82, 2.24) is 35.4 Å². The van der Waals surface area contributed by atoms with Crippen molar-refractivity contribution in [2.75, 3.05) is 40.4 Å². The third-order valence-corrected chi connectivity index (χ3v) is 11.9. The minimum Gasteiger partial charge on any atom is -0.481 e. The molecule has 1 unspecified atom stereocenters. The summed E-state index contributed by atoms with van der Waals surface area (Å²) in [4.78, 5) is 42.8. The molecule has 12 heteroatoms. The number of halogens is 1. The molecule has 9 rings (SSSR count). The van der Waals surface area contributed by atoms with Crippen LogP contribution < -0.4 is 20.1 Å². The maximum Gasteiger partial charge on any atom is 0.237 e. The van der Waals surface area contributed by atoms with Gasteiger partial charge in [-0.3, -0.25) is 24.4 Å². The molecule has 2 aromatic heterocycles. The molecule has 0 bridgehead atoms. The number of ether oxygens (including phenoxy) is 2. The van der Waals surface area contributed by atoms with E-state index in [1.165, 1.54) is 0 Å². The number of carbonyl (C=O) groups is 2. The highest BCUT2D eigenvalue weighted by Crippen LogP contribution is 2.47. The Hall–Kier alpha value is -4.94. The third-order valence-electron chi connectivity index (χ3n) is 11.9. The maximum absolute atomic E-state index is 16.7. The molecule has 0 saturated carbocycles. The van der Waals surface area contributed by atoms with Crippen LogP contribution in [-0.4, -0.2) is 88.0 Å². The minimum absolute atomic E-state index is 0.101. The van der Waals surface area contributed by atoms with Gasteiger partial charge in [-0.15, -0.1) is 0 Å². The highest BCUT2D eigenvalue weighted by Gasteiger charge is 2.51. The van der Waals surface area contributed by atoms with Crippen molar-refractivity contribution in [3.63, 3.8) is 0 Å². The summed E-state index contributed by atoms with van der Waals surface area (Å²) < 4.78 is 28.2. The van der Waals surface area contributed by atoms with Crippen molar-refractivity contribution in [2.24, 2.45) is 0 Å². The zero-order valence-electron chi connectivity index (χ0n) is 29.7. The number of nitrogens with one attached hydrogen (secondary N) is 2. The van der Waals surface area contributed by atoms with Crippen LogP contribution in [0.15, 0.2) is 48.7 Å². The highest BCUT2D eigenvalue weighted by atomic mass is 19.1. The monoisotopic (exact) mass is 703 g/mol. The van der Waals surface area contributed by atoms with Crippen molar-refractivity contribution >= 4 is 11.8 Å². The van der Waals surface area contributed by atoms with Gasteiger partial charge >= 0.3 is 0 Å². The SMILES string of the molecule is COc1nc(-c2cccc(-c3cccc(-c4cc5c(c(OC)n4)C(N4CC6(CCC(=O)N6)C4)CC5)c3F)c2C)cnc1CN1CC2(CCC(=O)N2)C1. The lowest BCUT2D eigenvalue weighted by atomic mass is 9.86. The summed E-state index contributed by atoms with van der Waals surface area (Å²) in [6.45, 7) is 5.77. The molecule has 0 radical (unpaired) electrons. The van der Waals surface area contributed by atoms with Gasteiger partial charge in [-0.1, -0.05) is 30.3 Å². The number of hydrogen-bond donors (Lipinski definition) is 2. The van der Waals surface area contributed by atoms with Crippen LogP contribution >= 0.6 is 0 Å². The van der Waals surface area contributed by atoms with E-state index in [4.69, 9.17) is 24.4 Å². The number of benzene rings is 2. The summed E-state index contributed by atoms with van der Waals surface area (Å²) in [6, 6.07) is 13.4. The smallest absolute Gasteiger partial charge is 0.237 e. The number of pyridine rings is 1. The number of hydrogen-bond acceptors (Lipinski definition) is 9. The Kier molecular flexibility index (Phi) is 7.81. The molecule has 268 valence electrons. The van der Waals surface area contributed by atoms with E-state index in [1.54, 1.807) is 32.5 Å². The van der Waals surface area contributed by atoms with Gasteiger partial charge in [0.25, 0.3) is 0 Å². The average molecular weight is 704 g/mol. The first kappa shape index (κ1) is 32.9. The lowest BCUT2D eigenvalue weighted by Crippen LogP contribution is -2.67. The number of fused-ring (bicyclic) bond motifs is 1. The fourth-order valence-corrected chi connectivity index (χ4v) is 9.29. The molecule has 4 aromatic rings. The first-order valence-electron chi connectivity index (χ1n) is 18.1. The second kappa shape index (κ2) is 12.3. The Morgan fingerprint density at radius 3 is 2.13 bits per heavy atom. The van der Waals surface area contributed by atoms with Gasteiger partial charge in [0.2, 0.25) is 23.6 Å². The molecule has 2 N–H and O–H groups in total. The molecule has 6 heterocycles. The second-order valence-corrected chi connectivity index (χ2v) is 15.2. The lowest BCUT2D eigenvalue weighted by molar-refractivity contribution is -0.121. The molecule has 4 aliphatic heterocycles. The van der Waals surface area contributed by atoms with Gasteiger partial charge in [0, 0.05) is 73.9 Å². The van der Waals surface area contributed by atoms with E-state index in [-0.39, 0.29) is 34.8 Å². The largest absolute Gasteiger partial charge is 0.481 e. The first-order chi connectivity index (χ1) is 25.2. The van der Waals surface area contributed by atoms with Crippen LogP contribution in [0.4, 0.5) is 4.39 Å². The molecule has 4 fully saturated rings. The number of rotatable bonds is 8. The summed E-state index contributed by atoms with van der Waals surface area (Å²) in [5.74, 6) is 0.893. The fourth-order valence-electron chi connectivity index (χ4n) is 9.29. The van der Waals surface area contributed by atoms with Gasteiger partial charge in [0.05, 0.1) is 42.9 Å². The number of amides is 2. The Bertz CT molecular complexity index is 2130. The molecule has 52 heavy (non-hydrogen) atoms. The minimum atomic E-state index is -0.349. The highest BCUT2D eigenvalue weighted by molar-refractivity contribution is 5.81. The van der Waals surface area contributed by atoms with Crippen LogP contribution in [0.1, 0.15) is 60.5 Å². The normalized spacial score (nSPS) is 21.5. The predicted molar refractivity (Wildman–Crippen MR) is 192 cm³/mol. The number of aromatic nitrogens is 3. The zero-order chi connectivity index (χ0) is 35.8. The first-order valence-corrected chi connectivity index (χ1v) is 18.1. The molecular weight excluding hydrogens is 661 g/mol. The van der Waals surface area contributed by atoms with Crippen LogP contribution in [0.25, 0.3) is 33.6 Å². The fraction of sp³-hybridized carbons (Fsp3) is 0.425. The van der Waals surface area contributed by atoms with Crippen LogP contribution in [0.2, 0.25) is 0 Å². The van der Waals surface area contributed by atoms with Gasteiger partial charge < -0.3 is 20.1 Å². The van der Waals surface area contributed by atoms with E-state index in [2.05, 4.69) is 20.4 Å². The van der Waals surface area contributed by atoms with Gasteiger partial charge in [0.15, 0.2) is 0 Å². The second-order valence-electron chi connectivity index (χ2n) is 15.2. The Labute approximate surface area is 302 Å². The van der Waals surface area contributed by atoms with E-state index >= 15 is 4.39 Å². The van der Waals surface area contributed by atoms with Crippen molar-refractivity contribution in [3.8, 4) is 45.4 Å². The number of methoxy groups -OCH3 is 2. The van der Waals surface area contributed by atoms with E-state index in [0.717, 1.165) is 85.4 Å². The van der Waals surface area contributed by atoms with Crippen molar-refractivity contribution < 1.29 is 23.5 Å². The van der Waals surface area contributed by atoms with Crippen LogP contribution in [-0.2, 0) is 22.6 Å². The molecule has 4 saturated heterocycles. The van der Waals surface area contributed by atoms with E-state index in [1.807, 2.05) is 37.3 Å². The van der Waals surface area contributed by atoms with Crippen molar-refractivity contribution in [2.45, 2.75) is 69.1 Å². The standard InChI is InChI=1S/C40H42FN7O4/c1-23-25(6-4-7-26(23)30-17-42-31(37(44-30)51-2)18-47-19-39(20-47)14-12-33(49)45-39)27-8-5-9-28(36(27)41)29-16-24-10-11-32(35(24)38(43-29)52-3)48-21-40(22-48)15-13-34(50)46-40/h4-9,16-17,32H,10-15,18-22H2,1-3H3,(H,45,49)(H,46,50). The van der Waals surface area contributed by atoms with Crippen LogP contribution in [0, 0.1) is 12.7 Å². The maximum atomic E-state index is 16.7. The van der Waals surface area contributed by atoms with E-state index < -0.39 is 0 Å². The number of nitrogens with zero attached hydrogens (tertiary/aromatic N) is 5. The third kappa shape index (κ3) is 5.42. The summed E-state index contributed by atoms with van der Waals surface area (Å²) in [5, 5.41) is 6.30. The molecule has 1 atom stereocenters. The lowest BCUT2D eigenvalue weighted by Gasteiger charge is -2.50. The zero-order valence-corrected chi connectivity index (χ0v) is 29.7. The summed E-state index contributed by atoms with van der Waals surface area (Å²) >= 11 is 0. The summed E-state index contributed by atoms with van der Waals surface area (Å²) in [6.07, 6.45) is 6.46. The van der Waals surface area contributed by atoms with Crippen molar-refractivity contribution in [1.29, 1.82) is 0 Å². The molecule has 11 nitrogen and oxygen atoms in total. The average Bonchev–Trinajstić information content (AvgIpc) is 3.84. The molecule has 2 aromatic carbocycles. The quantitative estimate of drug-likeness (QED) is 0.268. The van der Waals surface area contributed by atoms with Gasteiger partial charge in [-0.25, -0.2) is 14.4 Å². The van der Waals surface area contributed by atoms with Gasteiger partial charge in [0.1, 0.15) is 11.5 Å². The van der Waals surface area contributed by atoms with Gasteiger partial charge in [-0.05, 0) is 61.4 Å². The Morgan fingerprint density at radius 2 is 1.46 bits per heavy atom. The van der Waals surface area contributed by atoms with Gasteiger partial charge in [-0.2, -0.15) is 0 Å². The predicted octanol–water partition coefficient (Wildman–Crippen LogP) is 4.75. The van der Waals surface area contributed by atoms with E-state index in [0.29, 0.717) is 53.7 Å². The topological polar surface area (TPSA) is 122 Å². The molecule has 2 spiro atoms. The number of aryl methyl sites for hydroxylation is 1. The number of likely N-dealkylation sites (tertiary alicyclic amines) is 2. The summed E-state index contributed by atoms with van der Waals surface area (Å²) in [7, 11) is 3.22. The Morgan fingerprint density at radius 1 is 0.827 bits per heavy atom. The molecular formula is C40H42FN7O4. The van der Waals surface area contributed by atoms with Crippen LogP contribution in [0.5, 0.6) is 11.8 Å². The van der Waals surface area contributed by atoms with Crippen molar-refractivity contribution in [3.05, 3.63) is 76.9 Å². The Balaban J connectivity index is 0.973. The summed E-state index contributed by atoms with van der Waals surface area (Å²) in [5.41, 5.74) is 7.26. The molecule has 1 aliphatic carbocycles. The molecule has 5 aliphatic rings. The molecule has 2 amide bonds.